The Morgan fingerprint density at radius 3 is 2.59 bits per heavy atom. The normalized spacial score (nSPS) is 16.4. The van der Waals surface area contributed by atoms with Gasteiger partial charge in [-0.05, 0) is 82.1 Å². The van der Waals surface area contributed by atoms with Crippen LogP contribution in [0.4, 0.5) is 5.69 Å². The van der Waals surface area contributed by atoms with E-state index in [4.69, 9.17) is 0 Å². The summed E-state index contributed by atoms with van der Waals surface area (Å²) in [5.41, 5.74) is 6.31. The number of hydrogen-bond donors (Lipinski definition) is 4. The molecule has 0 fully saturated rings. The monoisotopic (exact) mass is 537 g/mol. The molecule has 0 aromatic heterocycles. The highest BCUT2D eigenvalue weighted by atomic mass is 16.2. The predicted molar refractivity (Wildman–Crippen MR) is 159 cm³/mol. The minimum absolute atomic E-state index is 0.0572. The van der Waals surface area contributed by atoms with Gasteiger partial charge in [0.2, 0.25) is 12.3 Å². The molecule has 1 aliphatic heterocycles. The molecule has 39 heavy (non-hydrogen) atoms. The zero-order valence-electron chi connectivity index (χ0n) is 24.6. The highest BCUT2D eigenvalue weighted by molar-refractivity contribution is 5.94. The van der Waals surface area contributed by atoms with Gasteiger partial charge < -0.3 is 25.8 Å². The van der Waals surface area contributed by atoms with Crippen LogP contribution in [0.3, 0.4) is 0 Å². The number of hydrogen-bond acceptors (Lipinski definition) is 5. The van der Waals surface area contributed by atoms with Crippen LogP contribution in [0.2, 0.25) is 0 Å². The van der Waals surface area contributed by atoms with Crippen LogP contribution < -0.4 is 21.3 Å². The molecule has 0 bridgehead atoms. The van der Waals surface area contributed by atoms with Crippen molar-refractivity contribution in [3.8, 4) is 0 Å². The minimum atomic E-state index is -0.307. The molecule has 8 heteroatoms. The lowest BCUT2D eigenvalue weighted by Crippen LogP contribution is -2.42. The lowest BCUT2D eigenvalue weighted by atomic mass is 9.92. The van der Waals surface area contributed by atoms with Crippen molar-refractivity contribution in [1.82, 2.24) is 20.9 Å². The third kappa shape index (κ3) is 9.42. The van der Waals surface area contributed by atoms with Gasteiger partial charge in [0.25, 0.3) is 0 Å². The van der Waals surface area contributed by atoms with Gasteiger partial charge in [-0.1, -0.05) is 30.3 Å². The molecule has 4 N–H and O–H groups in total. The van der Waals surface area contributed by atoms with E-state index in [-0.39, 0.29) is 11.9 Å². The van der Waals surface area contributed by atoms with Gasteiger partial charge in [-0.3, -0.25) is 14.5 Å². The fraction of sp³-hybridized carbons (Fsp3) is 0.548. The zero-order valence-corrected chi connectivity index (χ0v) is 24.6. The number of quaternary nitrogens is 1. The van der Waals surface area contributed by atoms with Gasteiger partial charge in [-0.25, -0.2) is 0 Å². The number of nitrogens with zero attached hydrogens (tertiary/aromatic N) is 2. The molecule has 1 heterocycles. The Morgan fingerprint density at radius 1 is 1.10 bits per heavy atom. The largest absolute Gasteiger partial charge is 0.359 e. The summed E-state index contributed by atoms with van der Waals surface area (Å²) in [4.78, 5) is 25.8. The third-order valence-electron chi connectivity index (χ3n) is 7.92. The van der Waals surface area contributed by atoms with Crippen molar-refractivity contribution < 1.29 is 14.1 Å². The second-order valence-electron chi connectivity index (χ2n) is 11.6. The SMILES string of the molecule is CNCc1cc(NC(=O)[C@H](CCCNC=O)NC)ccc1C[N+](C)(C)CCC[C@@H]1Cc2ccccc2CN1C. The molecule has 0 aliphatic carbocycles. The molecule has 0 saturated heterocycles. The standard InChI is InChI=1S/C31H48N6O2/c1-32-20-27-18-28(35-31(39)30(33-2)13-8-16-34-23-38)15-14-26(27)22-37(4,5)17-9-12-29-19-24-10-6-7-11-25(24)21-36(29)3/h6-7,10-11,14-15,18,23,29-30,32-33H,8-9,12-13,16-17,19-22H2,1-5H3,(H-,34,35,38,39)/p+1/t29-,30+/m1/s1. The van der Waals surface area contributed by atoms with Crippen LogP contribution in [0.1, 0.15) is 47.9 Å². The molecule has 2 atom stereocenters. The van der Waals surface area contributed by atoms with Gasteiger partial charge in [0.1, 0.15) is 6.54 Å². The highest BCUT2D eigenvalue weighted by Crippen LogP contribution is 2.25. The fourth-order valence-corrected chi connectivity index (χ4v) is 5.65. The lowest BCUT2D eigenvalue weighted by molar-refractivity contribution is -0.903. The summed E-state index contributed by atoms with van der Waals surface area (Å²) in [6.45, 7) is 4.42. The summed E-state index contributed by atoms with van der Waals surface area (Å²) >= 11 is 0. The number of fused-ring (bicyclic) bond motifs is 1. The molecule has 2 aromatic rings. The second-order valence-corrected chi connectivity index (χ2v) is 11.6. The van der Waals surface area contributed by atoms with E-state index in [0.717, 1.165) is 49.2 Å². The van der Waals surface area contributed by atoms with Crippen LogP contribution in [-0.4, -0.2) is 82.1 Å². The maximum atomic E-state index is 12.8. The van der Waals surface area contributed by atoms with Crippen LogP contribution in [0, 0.1) is 0 Å². The van der Waals surface area contributed by atoms with E-state index in [1.54, 1.807) is 7.05 Å². The van der Waals surface area contributed by atoms with Crippen molar-refractivity contribution >= 4 is 18.0 Å². The molecule has 0 saturated carbocycles. The van der Waals surface area contributed by atoms with Gasteiger partial charge in [0.15, 0.2) is 0 Å². The number of anilines is 1. The third-order valence-corrected chi connectivity index (χ3v) is 7.92. The van der Waals surface area contributed by atoms with Crippen LogP contribution in [-0.2, 0) is 35.6 Å². The van der Waals surface area contributed by atoms with Gasteiger partial charge >= 0.3 is 0 Å². The topological polar surface area (TPSA) is 85.5 Å². The number of rotatable bonds is 16. The van der Waals surface area contributed by atoms with E-state index in [1.807, 2.05) is 13.1 Å². The summed E-state index contributed by atoms with van der Waals surface area (Å²) in [5, 5.41) is 12.1. The van der Waals surface area contributed by atoms with Crippen LogP contribution in [0.15, 0.2) is 42.5 Å². The average molecular weight is 538 g/mol. The Kier molecular flexibility index (Phi) is 11.9. The Balaban J connectivity index is 1.56. The summed E-state index contributed by atoms with van der Waals surface area (Å²) in [6, 6.07) is 15.4. The Morgan fingerprint density at radius 2 is 1.87 bits per heavy atom. The molecule has 3 rings (SSSR count). The van der Waals surface area contributed by atoms with Gasteiger partial charge in [0, 0.05) is 36.9 Å². The maximum Gasteiger partial charge on any atom is 0.241 e. The molecule has 2 aromatic carbocycles. The highest BCUT2D eigenvalue weighted by Gasteiger charge is 2.25. The molecule has 1 aliphatic rings. The smallest absolute Gasteiger partial charge is 0.241 e. The minimum Gasteiger partial charge on any atom is -0.359 e. The number of benzene rings is 2. The quantitative estimate of drug-likeness (QED) is 0.150. The summed E-state index contributed by atoms with van der Waals surface area (Å²) in [7, 11) is 10.6. The summed E-state index contributed by atoms with van der Waals surface area (Å²) in [6.07, 6.45) is 5.61. The molecular weight excluding hydrogens is 488 g/mol. The second kappa shape index (κ2) is 15.1. The first kappa shape index (κ1) is 30.8. The average Bonchev–Trinajstić information content (AvgIpc) is 2.90. The molecule has 0 spiro atoms. The molecular formula is C31H49N6O2+. The van der Waals surface area contributed by atoms with E-state index in [1.165, 1.54) is 35.1 Å². The van der Waals surface area contributed by atoms with E-state index < -0.39 is 0 Å². The lowest BCUT2D eigenvalue weighted by Gasteiger charge is -2.36. The van der Waals surface area contributed by atoms with Crippen LogP contribution in [0.25, 0.3) is 0 Å². The summed E-state index contributed by atoms with van der Waals surface area (Å²) < 4.78 is 0.923. The number of nitrogens with one attached hydrogen (secondary N) is 4. The number of likely N-dealkylation sites (N-methyl/N-ethyl adjacent to an activating group) is 2. The predicted octanol–water partition coefficient (Wildman–Crippen LogP) is 2.87. The van der Waals surface area contributed by atoms with Gasteiger partial charge in [0.05, 0.1) is 26.7 Å². The van der Waals surface area contributed by atoms with E-state index in [2.05, 4.69) is 83.7 Å². The Labute approximate surface area is 235 Å². The fourth-order valence-electron chi connectivity index (χ4n) is 5.65. The van der Waals surface area contributed by atoms with Crippen molar-refractivity contribution in [2.45, 2.75) is 63.8 Å². The van der Waals surface area contributed by atoms with Crippen molar-refractivity contribution in [1.29, 1.82) is 0 Å². The van der Waals surface area contributed by atoms with Crippen molar-refractivity contribution in [2.24, 2.45) is 0 Å². The number of carbonyl (C=O) groups is 2. The zero-order chi connectivity index (χ0) is 28.3. The van der Waals surface area contributed by atoms with E-state index in [9.17, 15) is 9.59 Å². The first-order chi connectivity index (χ1) is 18.8. The van der Waals surface area contributed by atoms with E-state index in [0.29, 0.717) is 25.4 Å². The molecule has 0 unspecified atom stereocenters. The van der Waals surface area contributed by atoms with Crippen molar-refractivity contribution in [3.63, 3.8) is 0 Å². The first-order valence-corrected chi connectivity index (χ1v) is 14.3. The molecule has 0 radical (unpaired) electrons. The van der Waals surface area contributed by atoms with Crippen molar-refractivity contribution in [2.75, 3.05) is 53.6 Å². The van der Waals surface area contributed by atoms with Crippen molar-refractivity contribution in [3.05, 3.63) is 64.7 Å². The van der Waals surface area contributed by atoms with Gasteiger partial charge in [-0.15, -0.1) is 0 Å². The van der Waals surface area contributed by atoms with Crippen LogP contribution >= 0.6 is 0 Å². The maximum absolute atomic E-state index is 12.8. The molecule has 2 amide bonds. The van der Waals surface area contributed by atoms with Crippen LogP contribution in [0.5, 0.6) is 0 Å². The Hall–Kier alpha value is -2.78. The molecule has 214 valence electrons. The first-order valence-electron chi connectivity index (χ1n) is 14.3. The summed E-state index contributed by atoms with van der Waals surface area (Å²) in [5.74, 6) is -0.0572. The molecule has 8 nitrogen and oxygen atoms in total. The van der Waals surface area contributed by atoms with E-state index >= 15 is 0 Å². The number of carbonyl (C=O) groups excluding carboxylic acids is 2. The Bertz CT molecular complexity index is 1070. The number of amides is 2. The van der Waals surface area contributed by atoms with Gasteiger partial charge in [-0.2, -0.15) is 0 Å².